The van der Waals surface area contributed by atoms with E-state index >= 15 is 0 Å². The fourth-order valence-electron chi connectivity index (χ4n) is 7.74. The second-order valence-corrected chi connectivity index (χ2v) is 15.7. The van der Waals surface area contributed by atoms with Crippen molar-refractivity contribution in [1.29, 1.82) is 0 Å². The summed E-state index contributed by atoms with van der Waals surface area (Å²) in [7, 11) is -4.19. The van der Waals surface area contributed by atoms with Crippen molar-refractivity contribution in [2.24, 2.45) is 17.8 Å². The molecule has 2 saturated heterocycles. The van der Waals surface area contributed by atoms with Crippen molar-refractivity contribution in [3.63, 3.8) is 0 Å². The van der Waals surface area contributed by atoms with Gasteiger partial charge in [-0.05, 0) is 73.7 Å². The van der Waals surface area contributed by atoms with Gasteiger partial charge in [-0.15, -0.1) is 0 Å². The second-order valence-electron chi connectivity index (χ2n) is 13.8. The van der Waals surface area contributed by atoms with Gasteiger partial charge in [-0.2, -0.15) is 4.31 Å². The molecule has 7 atom stereocenters. The standard InChI is InChI=1S/C36H51N3O9S/c40-23-26-12-13-34-32(20-26)45-17-6-11-27-9-4-5-10-28(27)21-37-15-16-39(49(34,43)44)22-31(41)30(19-25-7-2-1-3-8-25)38-36(42)48-33-24-47-35-29(33)14-18-46-35/h1-3,7-8,12-13,20,27-31,33,35,37,40-41H,4-6,9-11,14-19,21-24H2,(H,38,42)/t27?,28?,29-,30-,31+,33-,35+/m0/s1. The first-order chi connectivity index (χ1) is 23.8. The number of β-amino-alcohol motifs (C(OH)–C–C–N with tert-alkyl or cyclic N) is 1. The molecule has 2 unspecified atom stereocenters. The number of benzene rings is 2. The number of fused-ring (bicyclic) bond motifs is 3. The lowest BCUT2D eigenvalue weighted by Crippen LogP contribution is -2.52. The van der Waals surface area contributed by atoms with E-state index < -0.39 is 34.4 Å². The Kier molecular flexibility index (Phi) is 12.5. The lowest BCUT2D eigenvalue weighted by atomic mass is 9.77. The summed E-state index contributed by atoms with van der Waals surface area (Å²) >= 11 is 0. The zero-order valence-electron chi connectivity index (χ0n) is 28.1. The SMILES string of the molecule is O=C(N[C@@H](Cc1ccccc1)[C@H](O)CN1CCNCC2CCCCC2CCCOc2cc(CO)ccc2S1(=O)=O)O[C@H]1CO[C@H]2OCC[C@H]21. The molecular formula is C36H51N3O9S. The Balaban J connectivity index is 1.23. The number of amides is 1. The number of sulfonamides is 1. The van der Waals surface area contributed by atoms with Gasteiger partial charge in [-0.25, -0.2) is 13.2 Å². The van der Waals surface area contributed by atoms with Crippen LogP contribution in [-0.4, -0.2) is 99.6 Å². The van der Waals surface area contributed by atoms with Crippen molar-refractivity contribution in [2.75, 3.05) is 46.0 Å². The number of aliphatic hydroxyl groups excluding tert-OH is 2. The van der Waals surface area contributed by atoms with Crippen LogP contribution in [0.5, 0.6) is 5.75 Å². The van der Waals surface area contributed by atoms with Gasteiger partial charge in [-0.3, -0.25) is 0 Å². The average Bonchev–Trinajstić information content (AvgIpc) is 3.73. The first kappa shape index (κ1) is 36.0. The number of hydrogen-bond acceptors (Lipinski definition) is 10. The van der Waals surface area contributed by atoms with Crippen molar-refractivity contribution < 1.29 is 42.4 Å². The Morgan fingerprint density at radius 3 is 2.61 bits per heavy atom. The highest BCUT2D eigenvalue weighted by Gasteiger charge is 2.44. The Morgan fingerprint density at radius 2 is 1.80 bits per heavy atom. The normalized spacial score (nSPS) is 28.9. The monoisotopic (exact) mass is 701 g/mol. The zero-order chi connectivity index (χ0) is 34.2. The maximum atomic E-state index is 14.4. The number of carbonyl (C=O) groups excluding carboxylic acids is 1. The van der Waals surface area contributed by atoms with Gasteiger partial charge in [0, 0.05) is 19.6 Å². The number of rotatable bonds is 8. The van der Waals surface area contributed by atoms with Crippen molar-refractivity contribution >= 4 is 16.1 Å². The van der Waals surface area contributed by atoms with Gasteiger partial charge in [0.25, 0.3) is 0 Å². The summed E-state index contributed by atoms with van der Waals surface area (Å²) in [6, 6.07) is 13.2. The Morgan fingerprint density at radius 1 is 1.00 bits per heavy atom. The highest BCUT2D eigenvalue weighted by atomic mass is 32.2. The predicted octanol–water partition coefficient (Wildman–Crippen LogP) is 3.20. The molecule has 6 rings (SSSR count). The molecule has 0 bridgehead atoms. The van der Waals surface area contributed by atoms with Gasteiger partial charge >= 0.3 is 6.09 Å². The zero-order valence-corrected chi connectivity index (χ0v) is 28.9. The van der Waals surface area contributed by atoms with Gasteiger partial charge in [0.05, 0.1) is 44.5 Å². The van der Waals surface area contributed by atoms with Crippen LogP contribution in [0.15, 0.2) is 53.4 Å². The minimum atomic E-state index is -4.19. The first-order valence-corrected chi connectivity index (χ1v) is 19.3. The smallest absolute Gasteiger partial charge is 0.407 e. The number of aliphatic hydroxyl groups is 2. The number of nitrogens with zero attached hydrogens (tertiary/aromatic N) is 1. The van der Waals surface area contributed by atoms with Crippen molar-refractivity contribution in [1.82, 2.24) is 14.9 Å². The van der Waals surface area contributed by atoms with Crippen LogP contribution in [0.1, 0.15) is 56.1 Å². The fraction of sp³-hybridized carbons (Fsp3) is 0.639. The minimum Gasteiger partial charge on any atom is -0.492 e. The maximum absolute atomic E-state index is 14.4. The summed E-state index contributed by atoms with van der Waals surface area (Å²) in [6.45, 7) is 1.91. The third-order valence-corrected chi connectivity index (χ3v) is 12.4. The largest absolute Gasteiger partial charge is 0.492 e. The molecule has 4 N–H and O–H groups in total. The molecule has 1 saturated carbocycles. The van der Waals surface area contributed by atoms with E-state index in [0.717, 1.165) is 37.8 Å². The van der Waals surface area contributed by atoms with Gasteiger partial charge in [0.1, 0.15) is 16.7 Å². The van der Waals surface area contributed by atoms with Crippen LogP contribution in [0.3, 0.4) is 0 Å². The molecule has 49 heavy (non-hydrogen) atoms. The molecule has 0 spiro atoms. The van der Waals surface area contributed by atoms with E-state index in [-0.39, 0.29) is 55.6 Å². The average molecular weight is 702 g/mol. The summed E-state index contributed by atoms with van der Waals surface area (Å²) < 4.78 is 53.1. The third kappa shape index (κ3) is 9.12. The van der Waals surface area contributed by atoms with E-state index in [1.807, 2.05) is 30.3 Å². The summed E-state index contributed by atoms with van der Waals surface area (Å²) in [5.74, 6) is 1.24. The molecule has 270 valence electrons. The molecule has 3 fully saturated rings. The lowest BCUT2D eigenvalue weighted by molar-refractivity contribution is -0.0907. The van der Waals surface area contributed by atoms with Gasteiger partial charge < -0.3 is 39.8 Å². The third-order valence-electron chi connectivity index (χ3n) is 10.5. The van der Waals surface area contributed by atoms with Crippen LogP contribution in [0.25, 0.3) is 0 Å². The molecule has 3 aliphatic heterocycles. The summed E-state index contributed by atoms with van der Waals surface area (Å²) in [5, 5.41) is 27.9. The van der Waals surface area contributed by atoms with Crippen molar-refractivity contribution in [3.05, 3.63) is 59.7 Å². The molecule has 2 aromatic rings. The van der Waals surface area contributed by atoms with Crippen LogP contribution >= 0.6 is 0 Å². The molecule has 0 radical (unpaired) electrons. The van der Waals surface area contributed by atoms with Crippen LogP contribution < -0.4 is 15.4 Å². The lowest BCUT2D eigenvalue weighted by Gasteiger charge is -2.33. The van der Waals surface area contributed by atoms with Gasteiger partial charge in [-0.1, -0.05) is 55.7 Å². The summed E-state index contributed by atoms with van der Waals surface area (Å²) in [4.78, 5) is 13.2. The molecule has 4 aliphatic rings. The van der Waals surface area contributed by atoms with E-state index in [1.165, 1.54) is 29.6 Å². The highest BCUT2D eigenvalue weighted by molar-refractivity contribution is 7.89. The van der Waals surface area contributed by atoms with Crippen molar-refractivity contribution in [2.45, 2.75) is 87.4 Å². The van der Waals surface area contributed by atoms with E-state index in [0.29, 0.717) is 37.2 Å². The molecule has 1 aliphatic carbocycles. The molecule has 0 aromatic heterocycles. The van der Waals surface area contributed by atoms with Crippen LogP contribution in [0.4, 0.5) is 4.79 Å². The summed E-state index contributed by atoms with van der Waals surface area (Å²) in [6.07, 6.45) is 4.72. The molecule has 3 heterocycles. The quantitative estimate of drug-likeness (QED) is 0.323. The number of alkyl carbamates (subject to hydrolysis) is 1. The van der Waals surface area contributed by atoms with Crippen LogP contribution in [0.2, 0.25) is 0 Å². The molecule has 1 amide bonds. The number of hydrogen-bond donors (Lipinski definition) is 4. The Bertz CT molecular complexity index is 1480. The number of carbonyl (C=O) groups is 1. The van der Waals surface area contributed by atoms with Crippen molar-refractivity contribution in [3.8, 4) is 5.75 Å². The Hall–Kier alpha value is -2.78. The molecule has 2 aromatic carbocycles. The maximum Gasteiger partial charge on any atom is 0.407 e. The van der Waals surface area contributed by atoms with Crippen LogP contribution in [-0.2, 0) is 37.3 Å². The van der Waals surface area contributed by atoms with E-state index in [1.54, 1.807) is 12.1 Å². The predicted molar refractivity (Wildman–Crippen MR) is 181 cm³/mol. The first-order valence-electron chi connectivity index (χ1n) is 17.8. The molecule has 13 heteroatoms. The fourth-order valence-corrected chi connectivity index (χ4v) is 9.31. The topological polar surface area (TPSA) is 156 Å². The van der Waals surface area contributed by atoms with E-state index in [4.69, 9.17) is 18.9 Å². The molecular weight excluding hydrogens is 650 g/mol. The van der Waals surface area contributed by atoms with Gasteiger partial charge in [0.2, 0.25) is 10.0 Å². The minimum absolute atomic E-state index is 0.0222. The second kappa shape index (κ2) is 17.0. The number of ether oxygens (including phenoxy) is 4. The summed E-state index contributed by atoms with van der Waals surface area (Å²) in [5.41, 5.74) is 1.41. The number of nitrogens with one attached hydrogen (secondary N) is 2. The van der Waals surface area contributed by atoms with E-state index in [2.05, 4.69) is 10.6 Å². The Labute approximate surface area is 289 Å². The van der Waals surface area contributed by atoms with E-state index in [9.17, 15) is 23.4 Å². The molecule has 12 nitrogen and oxygen atoms in total. The van der Waals surface area contributed by atoms with Crippen LogP contribution in [0, 0.1) is 17.8 Å². The van der Waals surface area contributed by atoms with Gasteiger partial charge in [0.15, 0.2) is 6.29 Å². The highest BCUT2D eigenvalue weighted by Crippen LogP contribution is 2.35.